The number of hydrogen-bond acceptors (Lipinski definition) is 4. The summed E-state index contributed by atoms with van der Waals surface area (Å²) in [6, 6.07) is 6.11. The van der Waals surface area contributed by atoms with Crippen molar-refractivity contribution in [3.05, 3.63) is 35.6 Å². The highest BCUT2D eigenvalue weighted by molar-refractivity contribution is 8.15. The van der Waals surface area contributed by atoms with Gasteiger partial charge in [0.15, 0.2) is 15.0 Å². The first kappa shape index (κ1) is 19.4. The van der Waals surface area contributed by atoms with Crippen LogP contribution in [-0.4, -0.2) is 53.7 Å². The number of amidine groups is 1. The fraction of sp³-hybridized carbons (Fsp3) is 0.556. The lowest BCUT2D eigenvalue weighted by Gasteiger charge is -2.25. The van der Waals surface area contributed by atoms with Crippen molar-refractivity contribution in [2.75, 3.05) is 18.1 Å². The van der Waals surface area contributed by atoms with E-state index in [2.05, 4.69) is 4.99 Å². The summed E-state index contributed by atoms with van der Waals surface area (Å²) in [6.45, 7) is 5.99. The third-order valence-corrected chi connectivity index (χ3v) is 7.82. The number of benzene rings is 1. The Kier molecular flexibility index (Phi) is 5.18. The number of aliphatic imine (C=N–C) groups is 1. The SMILES string of the molecule is CC(C)(C)C(=O)N=C1S[C@H]2CS(=O)(=O)C[C@H]2N1CCc1ccc(F)cc1. The van der Waals surface area contributed by atoms with Crippen molar-refractivity contribution in [2.24, 2.45) is 10.4 Å². The van der Waals surface area contributed by atoms with Gasteiger partial charge in [0.1, 0.15) is 5.82 Å². The minimum Gasteiger partial charge on any atom is -0.346 e. The average Bonchev–Trinajstić information content (AvgIpc) is 2.97. The maximum absolute atomic E-state index is 13.1. The van der Waals surface area contributed by atoms with E-state index in [4.69, 9.17) is 0 Å². The van der Waals surface area contributed by atoms with Gasteiger partial charge < -0.3 is 4.90 Å². The Balaban J connectivity index is 1.81. The molecular weight excluding hydrogens is 375 g/mol. The molecule has 2 fully saturated rings. The third kappa shape index (κ3) is 4.28. The largest absolute Gasteiger partial charge is 0.346 e. The van der Waals surface area contributed by atoms with Crippen LogP contribution in [0.5, 0.6) is 0 Å². The highest BCUT2D eigenvalue weighted by Gasteiger charge is 2.48. The molecule has 0 saturated carbocycles. The van der Waals surface area contributed by atoms with Gasteiger partial charge in [0, 0.05) is 17.2 Å². The molecule has 2 saturated heterocycles. The number of thioether (sulfide) groups is 1. The molecule has 142 valence electrons. The second-order valence-corrected chi connectivity index (χ2v) is 11.2. The summed E-state index contributed by atoms with van der Waals surface area (Å²) in [5.41, 5.74) is 0.377. The van der Waals surface area contributed by atoms with E-state index in [-0.39, 0.29) is 34.5 Å². The summed E-state index contributed by atoms with van der Waals surface area (Å²) in [6.07, 6.45) is 0.632. The first-order chi connectivity index (χ1) is 12.0. The van der Waals surface area contributed by atoms with Gasteiger partial charge >= 0.3 is 0 Å². The van der Waals surface area contributed by atoms with Crippen LogP contribution in [0.15, 0.2) is 29.3 Å². The molecule has 0 aliphatic carbocycles. The minimum absolute atomic E-state index is 0.0836. The molecule has 2 heterocycles. The zero-order valence-corrected chi connectivity index (χ0v) is 16.7. The van der Waals surface area contributed by atoms with E-state index in [9.17, 15) is 17.6 Å². The molecule has 2 aliphatic rings. The molecule has 1 amide bonds. The van der Waals surface area contributed by atoms with E-state index in [1.165, 1.54) is 23.9 Å². The Hall–Kier alpha value is -1.41. The van der Waals surface area contributed by atoms with E-state index < -0.39 is 15.3 Å². The van der Waals surface area contributed by atoms with Crippen molar-refractivity contribution >= 4 is 32.7 Å². The lowest BCUT2D eigenvalue weighted by Crippen LogP contribution is -2.39. The van der Waals surface area contributed by atoms with Crippen LogP contribution in [-0.2, 0) is 21.1 Å². The highest BCUT2D eigenvalue weighted by Crippen LogP contribution is 2.38. The zero-order valence-electron chi connectivity index (χ0n) is 15.1. The summed E-state index contributed by atoms with van der Waals surface area (Å²) < 4.78 is 37.1. The van der Waals surface area contributed by atoms with Gasteiger partial charge in [-0.15, -0.1) is 0 Å². The topological polar surface area (TPSA) is 66.8 Å². The zero-order chi connectivity index (χ0) is 19.1. The molecular formula is C18H23FN2O3S2. The van der Waals surface area contributed by atoms with Crippen LogP contribution < -0.4 is 0 Å². The van der Waals surface area contributed by atoms with Crippen molar-refractivity contribution in [2.45, 2.75) is 38.5 Å². The van der Waals surface area contributed by atoms with Crippen molar-refractivity contribution in [3.63, 3.8) is 0 Å². The summed E-state index contributed by atoms with van der Waals surface area (Å²) in [7, 11) is -3.06. The van der Waals surface area contributed by atoms with Gasteiger partial charge in [0.05, 0.1) is 17.5 Å². The van der Waals surface area contributed by atoms with Crippen LogP contribution in [0.25, 0.3) is 0 Å². The van der Waals surface area contributed by atoms with Gasteiger partial charge in [0.25, 0.3) is 5.91 Å². The first-order valence-corrected chi connectivity index (χ1v) is 11.3. The minimum atomic E-state index is -3.06. The summed E-state index contributed by atoms with van der Waals surface area (Å²) in [5, 5.41) is 0.525. The molecule has 0 bridgehead atoms. The highest BCUT2D eigenvalue weighted by atomic mass is 32.2. The van der Waals surface area contributed by atoms with Crippen molar-refractivity contribution in [3.8, 4) is 0 Å². The van der Waals surface area contributed by atoms with Gasteiger partial charge in [-0.2, -0.15) is 4.99 Å². The van der Waals surface area contributed by atoms with Crippen molar-refractivity contribution in [1.82, 2.24) is 4.90 Å². The molecule has 0 radical (unpaired) electrons. The fourth-order valence-corrected chi connectivity index (χ4v) is 7.03. The number of nitrogens with zero attached hydrogens (tertiary/aromatic N) is 2. The van der Waals surface area contributed by atoms with Crippen LogP contribution in [0.3, 0.4) is 0 Å². The van der Waals surface area contributed by atoms with Crippen molar-refractivity contribution in [1.29, 1.82) is 0 Å². The second-order valence-electron chi connectivity index (χ2n) is 7.82. The molecule has 26 heavy (non-hydrogen) atoms. The molecule has 1 aromatic carbocycles. The monoisotopic (exact) mass is 398 g/mol. The number of amides is 1. The first-order valence-electron chi connectivity index (χ1n) is 8.56. The summed E-state index contributed by atoms with van der Waals surface area (Å²) in [5.74, 6) is -0.283. The Morgan fingerprint density at radius 3 is 2.54 bits per heavy atom. The number of carbonyl (C=O) groups is 1. The lowest BCUT2D eigenvalue weighted by molar-refractivity contribution is -0.124. The summed E-state index contributed by atoms with van der Waals surface area (Å²) in [4.78, 5) is 18.6. The average molecular weight is 399 g/mol. The van der Waals surface area contributed by atoms with E-state index in [0.717, 1.165) is 5.56 Å². The predicted molar refractivity (Wildman–Crippen MR) is 103 cm³/mol. The Bertz CT molecular complexity index is 829. The van der Waals surface area contributed by atoms with Gasteiger partial charge in [-0.1, -0.05) is 44.7 Å². The second kappa shape index (κ2) is 6.96. The normalized spacial score (nSPS) is 26.3. The van der Waals surface area contributed by atoms with Crippen molar-refractivity contribution < 1.29 is 17.6 Å². The number of fused-ring (bicyclic) bond motifs is 1. The molecule has 8 heteroatoms. The molecule has 0 N–H and O–H groups in total. The van der Waals surface area contributed by atoms with Crippen LogP contribution in [0.4, 0.5) is 4.39 Å². The van der Waals surface area contributed by atoms with Gasteiger partial charge in [-0.3, -0.25) is 4.79 Å². The third-order valence-electron chi connectivity index (χ3n) is 4.57. The van der Waals surface area contributed by atoms with E-state index in [1.807, 2.05) is 25.7 Å². The number of rotatable bonds is 3. The van der Waals surface area contributed by atoms with E-state index in [1.54, 1.807) is 12.1 Å². The molecule has 0 spiro atoms. The maximum atomic E-state index is 13.1. The van der Waals surface area contributed by atoms with E-state index in [0.29, 0.717) is 18.1 Å². The molecule has 2 atom stereocenters. The van der Waals surface area contributed by atoms with Gasteiger partial charge in [0.2, 0.25) is 0 Å². The van der Waals surface area contributed by atoms with Crippen LogP contribution in [0, 0.1) is 11.2 Å². The quantitative estimate of drug-likeness (QED) is 0.783. The standard InChI is InChI=1S/C18H23FN2O3S2/c1-18(2,3)16(22)20-17-21(9-8-12-4-6-13(19)7-5-12)14-10-26(23,24)11-15(14)25-17/h4-7,14-15H,8-11H2,1-3H3/t14-,15+/m1/s1. The van der Waals surface area contributed by atoms with Gasteiger partial charge in [-0.05, 0) is 24.1 Å². The molecule has 5 nitrogen and oxygen atoms in total. The van der Waals surface area contributed by atoms with Crippen LogP contribution in [0.2, 0.25) is 0 Å². The Morgan fingerprint density at radius 1 is 1.27 bits per heavy atom. The van der Waals surface area contributed by atoms with E-state index >= 15 is 0 Å². The molecule has 0 unspecified atom stereocenters. The molecule has 1 aromatic rings. The molecule has 2 aliphatic heterocycles. The molecule has 0 aromatic heterocycles. The predicted octanol–water partition coefficient (Wildman–Crippen LogP) is 2.51. The Labute approximate surface area is 158 Å². The summed E-state index contributed by atoms with van der Waals surface area (Å²) >= 11 is 1.39. The van der Waals surface area contributed by atoms with Crippen LogP contribution >= 0.6 is 11.8 Å². The molecule has 3 rings (SSSR count). The van der Waals surface area contributed by atoms with Crippen LogP contribution in [0.1, 0.15) is 26.3 Å². The fourth-order valence-electron chi connectivity index (χ4n) is 3.05. The number of hydrogen-bond donors (Lipinski definition) is 0. The lowest BCUT2D eigenvalue weighted by atomic mass is 9.96. The Morgan fingerprint density at radius 2 is 1.92 bits per heavy atom. The number of halogens is 1. The number of carbonyl (C=O) groups excluding carboxylic acids is 1. The number of sulfone groups is 1. The smallest absolute Gasteiger partial charge is 0.253 e. The van der Waals surface area contributed by atoms with Gasteiger partial charge in [-0.25, -0.2) is 12.8 Å². The maximum Gasteiger partial charge on any atom is 0.253 e.